The minimum Gasteiger partial charge on any atom is -0.493 e. The average Bonchev–Trinajstić information content (AvgIpc) is 3.07. The van der Waals surface area contributed by atoms with Crippen molar-refractivity contribution in [1.29, 1.82) is 0 Å². The summed E-state index contributed by atoms with van der Waals surface area (Å²) in [5.41, 5.74) is 2.24. The molecule has 2 aromatic rings. The van der Waals surface area contributed by atoms with Crippen LogP contribution in [0.25, 0.3) is 0 Å². The van der Waals surface area contributed by atoms with Crippen molar-refractivity contribution in [3.05, 3.63) is 47.8 Å². The Balaban J connectivity index is 0.00000392. The molecule has 6 nitrogen and oxygen atoms in total. The Hall–Kier alpha value is -2.34. The Morgan fingerprint density at radius 1 is 1.32 bits per heavy atom. The number of halogens is 1. The second-order valence-corrected chi connectivity index (χ2v) is 6.11. The van der Waals surface area contributed by atoms with Crippen LogP contribution >= 0.6 is 24.0 Å². The van der Waals surface area contributed by atoms with Gasteiger partial charge in [0.2, 0.25) is 0 Å². The second kappa shape index (κ2) is 12.2. The molecule has 1 N–H and O–H groups in total. The molecule has 0 atom stereocenters. The number of benzene rings is 1. The summed E-state index contributed by atoms with van der Waals surface area (Å²) >= 11 is 0. The van der Waals surface area contributed by atoms with Gasteiger partial charge in [0.1, 0.15) is 6.61 Å². The van der Waals surface area contributed by atoms with E-state index in [4.69, 9.17) is 20.9 Å². The molecular weight excluding hydrogens is 467 g/mol. The van der Waals surface area contributed by atoms with Crippen LogP contribution in [-0.2, 0) is 20.1 Å². The number of methoxy groups -OCH3 is 1. The predicted octanol–water partition coefficient (Wildman–Crippen LogP) is 3.26. The van der Waals surface area contributed by atoms with Crippen LogP contribution < -0.4 is 14.8 Å². The molecule has 0 fully saturated rings. The first kappa shape index (κ1) is 23.7. The van der Waals surface area contributed by atoms with Crippen molar-refractivity contribution in [2.45, 2.75) is 20.0 Å². The third kappa shape index (κ3) is 6.68. The fourth-order valence-electron chi connectivity index (χ4n) is 2.67. The van der Waals surface area contributed by atoms with Gasteiger partial charge in [0.25, 0.3) is 0 Å². The van der Waals surface area contributed by atoms with Crippen LogP contribution in [0.3, 0.4) is 0 Å². The van der Waals surface area contributed by atoms with E-state index in [9.17, 15) is 0 Å². The third-order valence-electron chi connectivity index (χ3n) is 4.10. The Labute approximate surface area is 184 Å². The predicted molar refractivity (Wildman–Crippen MR) is 124 cm³/mol. The molecule has 0 amide bonds. The quantitative estimate of drug-likeness (QED) is 0.264. The van der Waals surface area contributed by atoms with Crippen molar-refractivity contribution in [3.63, 3.8) is 0 Å². The maximum Gasteiger partial charge on any atom is 0.194 e. The van der Waals surface area contributed by atoms with Gasteiger partial charge in [0, 0.05) is 32.5 Å². The zero-order valence-electron chi connectivity index (χ0n) is 16.9. The number of terminal acetylenes is 1. The molecule has 2 rings (SSSR count). The topological polar surface area (TPSA) is 51.0 Å². The third-order valence-corrected chi connectivity index (χ3v) is 4.10. The van der Waals surface area contributed by atoms with E-state index in [1.165, 1.54) is 5.69 Å². The number of aryl methyl sites for hydroxylation is 1. The molecule has 0 unspecified atom stereocenters. The Morgan fingerprint density at radius 2 is 2.11 bits per heavy atom. The highest BCUT2D eigenvalue weighted by molar-refractivity contribution is 14.0. The number of hydrogen-bond donors (Lipinski definition) is 1. The van der Waals surface area contributed by atoms with Gasteiger partial charge in [-0.3, -0.25) is 0 Å². The standard InChI is InChI=1S/C21H28N4O2.HI/c1-6-13-27-20-14-17(10-11-19(20)26-5)15-23-21(22-7-2)25(4)16-18-9-8-12-24(18)3;/h1,8-12,14H,7,13,15-16H2,2-5H3,(H,22,23);1H. The van der Waals surface area contributed by atoms with Crippen LogP contribution in [0.4, 0.5) is 0 Å². The zero-order valence-corrected chi connectivity index (χ0v) is 19.3. The lowest BCUT2D eigenvalue weighted by Gasteiger charge is -2.22. The molecule has 0 saturated heterocycles. The number of ether oxygens (including phenoxy) is 2. The van der Waals surface area contributed by atoms with E-state index in [1.54, 1.807) is 7.11 Å². The smallest absolute Gasteiger partial charge is 0.194 e. The van der Waals surface area contributed by atoms with Crippen molar-refractivity contribution >= 4 is 29.9 Å². The number of rotatable bonds is 8. The molecule has 0 saturated carbocycles. The SMILES string of the molecule is C#CCOc1cc(CN=C(NCC)N(C)Cc2cccn2C)ccc1OC.I. The minimum atomic E-state index is 0. The largest absolute Gasteiger partial charge is 0.493 e. The summed E-state index contributed by atoms with van der Waals surface area (Å²) in [6.45, 7) is 4.36. The molecule has 0 bridgehead atoms. The van der Waals surface area contributed by atoms with Crippen LogP contribution in [0, 0.1) is 12.3 Å². The van der Waals surface area contributed by atoms with E-state index < -0.39 is 0 Å². The summed E-state index contributed by atoms with van der Waals surface area (Å²) in [5, 5.41) is 3.34. The molecule has 1 aromatic heterocycles. The van der Waals surface area contributed by atoms with E-state index in [2.05, 4.69) is 33.7 Å². The van der Waals surface area contributed by atoms with Crippen LogP contribution in [-0.4, -0.2) is 42.7 Å². The first-order valence-corrected chi connectivity index (χ1v) is 8.91. The minimum absolute atomic E-state index is 0. The molecule has 0 aliphatic carbocycles. The van der Waals surface area contributed by atoms with Crippen LogP contribution in [0.5, 0.6) is 11.5 Å². The molecule has 7 heteroatoms. The van der Waals surface area contributed by atoms with Gasteiger partial charge in [0.05, 0.1) is 20.2 Å². The number of nitrogens with one attached hydrogen (secondary N) is 1. The fourth-order valence-corrected chi connectivity index (χ4v) is 2.67. The molecular formula is C21H29IN4O2. The van der Waals surface area contributed by atoms with Gasteiger partial charge in [-0.15, -0.1) is 30.4 Å². The van der Waals surface area contributed by atoms with E-state index in [0.29, 0.717) is 18.0 Å². The van der Waals surface area contributed by atoms with Gasteiger partial charge >= 0.3 is 0 Å². The van der Waals surface area contributed by atoms with Crippen LogP contribution in [0.2, 0.25) is 0 Å². The normalized spacial score (nSPS) is 10.6. The lowest BCUT2D eigenvalue weighted by atomic mass is 10.2. The molecule has 1 aromatic carbocycles. The first-order valence-electron chi connectivity index (χ1n) is 8.91. The van der Waals surface area contributed by atoms with Crippen molar-refractivity contribution in [1.82, 2.24) is 14.8 Å². The van der Waals surface area contributed by atoms with Gasteiger partial charge < -0.3 is 24.3 Å². The number of nitrogens with zero attached hydrogens (tertiary/aromatic N) is 3. The van der Waals surface area contributed by atoms with Gasteiger partial charge in [-0.05, 0) is 36.8 Å². The van der Waals surface area contributed by atoms with Crippen LogP contribution in [0.1, 0.15) is 18.2 Å². The van der Waals surface area contributed by atoms with E-state index in [1.807, 2.05) is 44.6 Å². The maximum absolute atomic E-state index is 5.56. The first-order chi connectivity index (χ1) is 13.1. The summed E-state index contributed by atoms with van der Waals surface area (Å²) in [5.74, 6) is 4.61. The number of hydrogen-bond acceptors (Lipinski definition) is 3. The summed E-state index contributed by atoms with van der Waals surface area (Å²) < 4.78 is 13.0. The molecule has 0 aliphatic rings. The van der Waals surface area contributed by atoms with E-state index in [-0.39, 0.29) is 30.6 Å². The highest BCUT2D eigenvalue weighted by atomic mass is 127. The Bertz CT molecular complexity index is 811. The lowest BCUT2D eigenvalue weighted by molar-refractivity contribution is 0.330. The summed E-state index contributed by atoms with van der Waals surface area (Å²) in [6, 6.07) is 9.92. The number of guanidine groups is 1. The van der Waals surface area contributed by atoms with Crippen molar-refractivity contribution in [2.24, 2.45) is 12.0 Å². The molecule has 0 spiro atoms. The van der Waals surface area contributed by atoms with Gasteiger partial charge in [-0.1, -0.05) is 12.0 Å². The number of aromatic nitrogens is 1. The molecule has 0 radical (unpaired) electrons. The van der Waals surface area contributed by atoms with Gasteiger partial charge in [-0.25, -0.2) is 4.99 Å². The van der Waals surface area contributed by atoms with Crippen molar-refractivity contribution in [2.75, 3.05) is 27.3 Å². The Morgan fingerprint density at radius 3 is 2.71 bits per heavy atom. The summed E-state index contributed by atoms with van der Waals surface area (Å²) in [4.78, 5) is 6.87. The maximum atomic E-state index is 5.56. The van der Waals surface area contributed by atoms with Crippen molar-refractivity contribution < 1.29 is 9.47 Å². The van der Waals surface area contributed by atoms with Gasteiger partial charge in [-0.2, -0.15) is 0 Å². The molecule has 1 heterocycles. The number of aliphatic imine (C=N–C) groups is 1. The van der Waals surface area contributed by atoms with E-state index in [0.717, 1.165) is 24.6 Å². The van der Waals surface area contributed by atoms with Crippen molar-refractivity contribution in [3.8, 4) is 23.8 Å². The highest BCUT2D eigenvalue weighted by Gasteiger charge is 2.09. The van der Waals surface area contributed by atoms with E-state index >= 15 is 0 Å². The monoisotopic (exact) mass is 496 g/mol. The summed E-state index contributed by atoms with van der Waals surface area (Å²) in [7, 11) is 5.68. The zero-order chi connectivity index (χ0) is 19.6. The van der Waals surface area contributed by atoms with Crippen LogP contribution in [0.15, 0.2) is 41.5 Å². The second-order valence-electron chi connectivity index (χ2n) is 6.11. The fraction of sp³-hybridized carbons (Fsp3) is 0.381. The molecule has 0 aliphatic heterocycles. The molecule has 28 heavy (non-hydrogen) atoms. The summed E-state index contributed by atoms with van der Waals surface area (Å²) in [6.07, 6.45) is 7.33. The highest BCUT2D eigenvalue weighted by Crippen LogP contribution is 2.28. The Kier molecular flexibility index (Phi) is 10.3. The average molecular weight is 496 g/mol. The van der Waals surface area contributed by atoms with Gasteiger partial charge in [0.15, 0.2) is 17.5 Å². The lowest BCUT2D eigenvalue weighted by Crippen LogP contribution is -2.38. The molecule has 152 valence electrons.